The van der Waals surface area contributed by atoms with Crippen LogP contribution < -0.4 is 10.6 Å². The van der Waals surface area contributed by atoms with Crippen molar-refractivity contribution in [3.63, 3.8) is 0 Å². The Hall–Kier alpha value is -1.06. The molecule has 1 aromatic rings. The second-order valence-electron chi connectivity index (χ2n) is 6.28. The molecule has 1 aliphatic heterocycles. The van der Waals surface area contributed by atoms with Crippen molar-refractivity contribution in [2.45, 2.75) is 38.1 Å². The summed E-state index contributed by atoms with van der Waals surface area (Å²) in [5, 5.41) is 0. The minimum Gasteiger partial charge on any atom is -0.369 e. The molecular weight excluding hydrogens is 246 g/mol. The zero-order valence-corrected chi connectivity index (χ0v) is 12.6. The maximum atomic E-state index is 5.68. The Morgan fingerprint density at radius 1 is 1.15 bits per heavy atom. The van der Waals surface area contributed by atoms with Gasteiger partial charge in [0, 0.05) is 37.9 Å². The lowest BCUT2D eigenvalue weighted by Gasteiger charge is -2.39. The van der Waals surface area contributed by atoms with Gasteiger partial charge in [-0.3, -0.25) is 4.90 Å². The predicted molar refractivity (Wildman–Crippen MR) is 85.3 cm³/mol. The van der Waals surface area contributed by atoms with Gasteiger partial charge in [-0.15, -0.1) is 0 Å². The quantitative estimate of drug-likeness (QED) is 0.894. The lowest BCUT2D eigenvalue weighted by molar-refractivity contribution is 0.190. The molecule has 1 aliphatic carbocycles. The number of anilines is 1. The maximum Gasteiger partial charge on any atom is 0.0402 e. The smallest absolute Gasteiger partial charge is 0.0402 e. The summed E-state index contributed by atoms with van der Waals surface area (Å²) in [6.45, 7) is 7.74. The Balaban J connectivity index is 1.63. The van der Waals surface area contributed by atoms with Crippen molar-refractivity contribution in [3.05, 3.63) is 29.8 Å². The van der Waals surface area contributed by atoms with Crippen LogP contribution in [0, 0.1) is 0 Å². The van der Waals surface area contributed by atoms with Gasteiger partial charge in [-0.25, -0.2) is 0 Å². The van der Waals surface area contributed by atoms with E-state index in [4.69, 9.17) is 5.73 Å². The molecule has 2 N–H and O–H groups in total. The van der Waals surface area contributed by atoms with Gasteiger partial charge in [0.2, 0.25) is 0 Å². The van der Waals surface area contributed by atoms with Crippen LogP contribution in [0.1, 0.15) is 37.7 Å². The molecule has 1 atom stereocenters. The number of nitrogens with zero attached hydrogens (tertiary/aromatic N) is 2. The minimum atomic E-state index is 0.626. The largest absolute Gasteiger partial charge is 0.369 e. The Morgan fingerprint density at radius 3 is 2.50 bits per heavy atom. The van der Waals surface area contributed by atoms with Gasteiger partial charge < -0.3 is 10.6 Å². The standard InChI is InChI=1S/C17H27N3/c1-14(8-9-18)19-10-12-20(13-11-19)17-5-3-2-4-16(17)15-6-7-15/h2-5,14-15H,6-13,18H2,1H3. The molecule has 0 bridgehead atoms. The van der Waals surface area contributed by atoms with Crippen molar-refractivity contribution in [2.75, 3.05) is 37.6 Å². The first kappa shape index (κ1) is 13.9. The van der Waals surface area contributed by atoms with Crippen LogP contribution in [-0.4, -0.2) is 43.7 Å². The number of hydrogen-bond acceptors (Lipinski definition) is 3. The van der Waals surface area contributed by atoms with Crippen LogP contribution in [0.3, 0.4) is 0 Å². The first-order chi connectivity index (χ1) is 9.79. The Labute approximate surface area is 122 Å². The fraction of sp³-hybridized carbons (Fsp3) is 0.647. The summed E-state index contributed by atoms with van der Waals surface area (Å²) in [5.74, 6) is 0.834. The van der Waals surface area contributed by atoms with Gasteiger partial charge in [0.15, 0.2) is 0 Å². The summed E-state index contributed by atoms with van der Waals surface area (Å²) >= 11 is 0. The molecular formula is C17H27N3. The number of benzene rings is 1. The molecule has 1 saturated heterocycles. The third-order valence-corrected chi connectivity index (χ3v) is 4.82. The number of hydrogen-bond donors (Lipinski definition) is 1. The third-order valence-electron chi connectivity index (χ3n) is 4.82. The van der Waals surface area contributed by atoms with Gasteiger partial charge in [-0.1, -0.05) is 18.2 Å². The van der Waals surface area contributed by atoms with Crippen LogP contribution in [0.2, 0.25) is 0 Å². The normalized spacial score (nSPS) is 22.0. The molecule has 1 saturated carbocycles. The molecule has 110 valence electrons. The van der Waals surface area contributed by atoms with Gasteiger partial charge in [-0.05, 0) is 50.3 Å². The van der Waals surface area contributed by atoms with E-state index in [0.717, 1.165) is 32.0 Å². The SMILES string of the molecule is CC(CCN)N1CCN(c2ccccc2C2CC2)CC1. The van der Waals surface area contributed by atoms with Gasteiger partial charge in [-0.2, -0.15) is 0 Å². The van der Waals surface area contributed by atoms with Gasteiger partial charge >= 0.3 is 0 Å². The molecule has 20 heavy (non-hydrogen) atoms. The van der Waals surface area contributed by atoms with Crippen LogP contribution in [0.4, 0.5) is 5.69 Å². The molecule has 0 aromatic heterocycles. The summed E-state index contributed by atoms with van der Waals surface area (Å²) in [5.41, 5.74) is 8.74. The number of piperazine rings is 1. The summed E-state index contributed by atoms with van der Waals surface area (Å²) in [4.78, 5) is 5.17. The third kappa shape index (κ3) is 2.99. The molecule has 3 heteroatoms. The second-order valence-corrected chi connectivity index (χ2v) is 6.28. The van der Waals surface area contributed by atoms with E-state index in [-0.39, 0.29) is 0 Å². The zero-order valence-electron chi connectivity index (χ0n) is 12.6. The minimum absolute atomic E-state index is 0.626. The highest BCUT2D eigenvalue weighted by Crippen LogP contribution is 2.44. The van der Waals surface area contributed by atoms with Crippen LogP contribution in [0.5, 0.6) is 0 Å². The second kappa shape index (κ2) is 6.15. The van der Waals surface area contributed by atoms with E-state index in [2.05, 4.69) is 41.0 Å². The highest BCUT2D eigenvalue weighted by molar-refractivity contribution is 5.56. The first-order valence-corrected chi connectivity index (χ1v) is 8.07. The molecule has 3 rings (SSSR count). The first-order valence-electron chi connectivity index (χ1n) is 8.07. The van der Waals surface area contributed by atoms with E-state index >= 15 is 0 Å². The van der Waals surface area contributed by atoms with Crippen LogP contribution in [0.15, 0.2) is 24.3 Å². The lowest BCUT2D eigenvalue weighted by atomic mass is 10.1. The van der Waals surface area contributed by atoms with Crippen LogP contribution in [0.25, 0.3) is 0 Å². The lowest BCUT2D eigenvalue weighted by Crippen LogP contribution is -2.50. The molecule has 0 amide bonds. The Morgan fingerprint density at radius 2 is 1.85 bits per heavy atom. The van der Waals surface area contributed by atoms with Gasteiger partial charge in [0.05, 0.1) is 0 Å². The molecule has 1 unspecified atom stereocenters. The average Bonchev–Trinajstić information content (AvgIpc) is 3.32. The Bertz CT molecular complexity index is 434. The number of para-hydroxylation sites is 1. The summed E-state index contributed by atoms with van der Waals surface area (Å²) in [6.07, 6.45) is 3.87. The van der Waals surface area contributed by atoms with E-state index in [0.29, 0.717) is 6.04 Å². The fourth-order valence-corrected chi connectivity index (χ4v) is 3.34. The zero-order chi connectivity index (χ0) is 13.9. The van der Waals surface area contributed by atoms with Crippen LogP contribution in [-0.2, 0) is 0 Å². The van der Waals surface area contributed by atoms with Crippen molar-refractivity contribution >= 4 is 5.69 Å². The van der Waals surface area contributed by atoms with E-state index in [9.17, 15) is 0 Å². The highest BCUT2D eigenvalue weighted by atomic mass is 15.3. The molecule has 3 nitrogen and oxygen atoms in total. The van der Waals surface area contributed by atoms with E-state index < -0.39 is 0 Å². The summed E-state index contributed by atoms with van der Waals surface area (Å²) in [6, 6.07) is 9.64. The number of rotatable bonds is 5. The molecule has 1 heterocycles. The van der Waals surface area contributed by atoms with E-state index in [1.54, 1.807) is 5.56 Å². The molecule has 0 spiro atoms. The molecule has 1 aromatic carbocycles. The topological polar surface area (TPSA) is 32.5 Å². The number of nitrogens with two attached hydrogens (primary N) is 1. The maximum absolute atomic E-state index is 5.68. The van der Waals surface area contributed by atoms with E-state index in [1.807, 2.05) is 0 Å². The highest BCUT2D eigenvalue weighted by Gasteiger charge is 2.28. The van der Waals surface area contributed by atoms with Crippen LogP contribution >= 0.6 is 0 Å². The summed E-state index contributed by atoms with van der Waals surface area (Å²) in [7, 11) is 0. The molecule has 2 fully saturated rings. The fourth-order valence-electron chi connectivity index (χ4n) is 3.34. The van der Waals surface area contributed by atoms with Crippen molar-refractivity contribution in [1.29, 1.82) is 0 Å². The predicted octanol–water partition coefficient (Wildman–Crippen LogP) is 2.42. The van der Waals surface area contributed by atoms with Gasteiger partial charge in [0.25, 0.3) is 0 Å². The van der Waals surface area contributed by atoms with Crippen molar-refractivity contribution in [2.24, 2.45) is 5.73 Å². The summed E-state index contributed by atoms with van der Waals surface area (Å²) < 4.78 is 0. The van der Waals surface area contributed by atoms with Crippen molar-refractivity contribution < 1.29 is 0 Å². The molecule has 2 aliphatic rings. The van der Waals surface area contributed by atoms with E-state index in [1.165, 1.54) is 31.6 Å². The average molecular weight is 273 g/mol. The Kier molecular flexibility index (Phi) is 4.27. The van der Waals surface area contributed by atoms with Gasteiger partial charge in [0.1, 0.15) is 0 Å². The molecule has 0 radical (unpaired) electrons. The van der Waals surface area contributed by atoms with Crippen molar-refractivity contribution in [3.8, 4) is 0 Å². The van der Waals surface area contributed by atoms with Crippen molar-refractivity contribution in [1.82, 2.24) is 4.90 Å². The monoisotopic (exact) mass is 273 g/mol.